The highest BCUT2D eigenvalue weighted by atomic mass is 15.1. The number of anilines is 2. The molecule has 1 aromatic carbocycles. The van der Waals surface area contributed by atoms with E-state index in [0.29, 0.717) is 23.6 Å². The summed E-state index contributed by atoms with van der Waals surface area (Å²) < 4.78 is 0. The molecule has 4 heteroatoms. The fourth-order valence-corrected chi connectivity index (χ4v) is 2.12. The quantitative estimate of drug-likeness (QED) is 0.867. The second-order valence-corrected chi connectivity index (χ2v) is 5.12. The van der Waals surface area contributed by atoms with Crippen molar-refractivity contribution in [3.05, 3.63) is 24.3 Å². The second kappa shape index (κ2) is 5.21. The highest BCUT2D eigenvalue weighted by Gasteiger charge is 2.10. The first-order chi connectivity index (χ1) is 8.56. The van der Waals surface area contributed by atoms with Gasteiger partial charge < -0.3 is 11.1 Å². The van der Waals surface area contributed by atoms with Crippen LogP contribution in [-0.2, 0) is 0 Å². The molecule has 2 rings (SSSR count). The Bertz CT molecular complexity index is 536. The summed E-state index contributed by atoms with van der Waals surface area (Å²) >= 11 is 0. The van der Waals surface area contributed by atoms with Crippen LogP contribution in [-0.4, -0.2) is 16.0 Å². The molecule has 96 valence electrons. The Hall–Kier alpha value is -1.84. The molecule has 0 bridgehead atoms. The summed E-state index contributed by atoms with van der Waals surface area (Å²) in [7, 11) is 0. The fraction of sp³-hybridized carbons (Fsp3) is 0.429. The number of rotatable bonds is 4. The van der Waals surface area contributed by atoms with Crippen molar-refractivity contribution in [2.45, 2.75) is 33.2 Å². The van der Waals surface area contributed by atoms with Gasteiger partial charge in [0.2, 0.25) is 0 Å². The van der Waals surface area contributed by atoms with Crippen LogP contribution in [0.5, 0.6) is 0 Å². The Morgan fingerprint density at radius 3 is 2.33 bits per heavy atom. The van der Waals surface area contributed by atoms with Gasteiger partial charge in [0.25, 0.3) is 0 Å². The molecule has 18 heavy (non-hydrogen) atoms. The maximum atomic E-state index is 5.93. The molecule has 0 spiro atoms. The third-order valence-corrected chi connectivity index (χ3v) is 2.81. The molecule has 0 saturated carbocycles. The summed E-state index contributed by atoms with van der Waals surface area (Å²) in [5.74, 6) is 1.79. The van der Waals surface area contributed by atoms with Gasteiger partial charge in [0.15, 0.2) is 11.6 Å². The van der Waals surface area contributed by atoms with Gasteiger partial charge in [0.1, 0.15) is 0 Å². The summed E-state index contributed by atoms with van der Waals surface area (Å²) in [5, 5.41) is 3.34. The van der Waals surface area contributed by atoms with E-state index in [1.54, 1.807) is 0 Å². The predicted molar refractivity (Wildman–Crippen MR) is 76.5 cm³/mol. The second-order valence-electron chi connectivity index (χ2n) is 5.12. The number of nitrogens with zero attached hydrogens (tertiary/aromatic N) is 2. The van der Waals surface area contributed by atoms with Gasteiger partial charge in [0, 0.05) is 6.04 Å². The highest BCUT2D eigenvalue weighted by molar-refractivity contribution is 5.79. The number of hydrogen-bond donors (Lipinski definition) is 2. The molecule has 2 aromatic rings. The number of nitrogens with two attached hydrogens (primary N) is 1. The number of fused-ring (bicyclic) bond motifs is 1. The Balaban J connectivity index is 2.25. The number of hydrogen-bond acceptors (Lipinski definition) is 4. The maximum absolute atomic E-state index is 5.93. The van der Waals surface area contributed by atoms with E-state index in [0.717, 1.165) is 17.5 Å². The molecule has 0 fully saturated rings. The molecule has 0 aliphatic rings. The van der Waals surface area contributed by atoms with Crippen LogP contribution in [0.4, 0.5) is 11.6 Å². The summed E-state index contributed by atoms with van der Waals surface area (Å²) in [5.41, 5.74) is 7.63. The van der Waals surface area contributed by atoms with Crippen LogP contribution in [0.3, 0.4) is 0 Å². The van der Waals surface area contributed by atoms with Gasteiger partial charge in [-0.1, -0.05) is 26.0 Å². The first kappa shape index (κ1) is 12.6. The van der Waals surface area contributed by atoms with Gasteiger partial charge >= 0.3 is 0 Å². The van der Waals surface area contributed by atoms with Crippen molar-refractivity contribution in [2.24, 2.45) is 5.92 Å². The van der Waals surface area contributed by atoms with Crippen LogP contribution in [0.25, 0.3) is 11.0 Å². The number of aromatic nitrogens is 2. The van der Waals surface area contributed by atoms with E-state index < -0.39 is 0 Å². The van der Waals surface area contributed by atoms with Crippen molar-refractivity contribution in [1.29, 1.82) is 0 Å². The minimum atomic E-state index is 0.336. The van der Waals surface area contributed by atoms with Crippen molar-refractivity contribution >= 4 is 22.7 Å². The van der Waals surface area contributed by atoms with Crippen LogP contribution in [0.2, 0.25) is 0 Å². The normalized spacial score (nSPS) is 12.9. The van der Waals surface area contributed by atoms with Crippen molar-refractivity contribution in [2.75, 3.05) is 11.1 Å². The van der Waals surface area contributed by atoms with Crippen molar-refractivity contribution in [1.82, 2.24) is 9.97 Å². The maximum Gasteiger partial charge on any atom is 0.169 e. The van der Waals surface area contributed by atoms with Crippen LogP contribution in [0.1, 0.15) is 27.2 Å². The Morgan fingerprint density at radius 2 is 1.72 bits per heavy atom. The molecule has 0 amide bonds. The molecule has 0 saturated heterocycles. The molecule has 3 N–H and O–H groups in total. The minimum absolute atomic E-state index is 0.336. The fourth-order valence-electron chi connectivity index (χ4n) is 2.12. The van der Waals surface area contributed by atoms with Crippen molar-refractivity contribution < 1.29 is 0 Å². The Morgan fingerprint density at radius 1 is 1.11 bits per heavy atom. The molecule has 1 aromatic heterocycles. The zero-order valence-corrected chi connectivity index (χ0v) is 11.1. The number of benzene rings is 1. The van der Waals surface area contributed by atoms with Gasteiger partial charge in [-0.25, -0.2) is 9.97 Å². The lowest BCUT2D eigenvalue weighted by Crippen LogP contribution is -2.19. The summed E-state index contributed by atoms with van der Waals surface area (Å²) in [6.07, 6.45) is 1.08. The highest BCUT2D eigenvalue weighted by Crippen LogP contribution is 2.20. The van der Waals surface area contributed by atoms with Crippen LogP contribution >= 0.6 is 0 Å². The smallest absolute Gasteiger partial charge is 0.169 e. The Kier molecular flexibility index (Phi) is 3.65. The van der Waals surface area contributed by atoms with Gasteiger partial charge in [-0.15, -0.1) is 0 Å². The zero-order chi connectivity index (χ0) is 13.1. The third-order valence-electron chi connectivity index (χ3n) is 2.81. The van der Waals surface area contributed by atoms with Gasteiger partial charge in [-0.2, -0.15) is 0 Å². The molecule has 1 atom stereocenters. The minimum Gasteiger partial charge on any atom is -0.381 e. The van der Waals surface area contributed by atoms with Gasteiger partial charge in [-0.05, 0) is 31.4 Å². The molecular formula is C14H20N4. The van der Waals surface area contributed by atoms with E-state index in [9.17, 15) is 0 Å². The van der Waals surface area contributed by atoms with Gasteiger partial charge in [0.05, 0.1) is 11.0 Å². The Labute approximate surface area is 108 Å². The lowest BCUT2D eigenvalue weighted by molar-refractivity contribution is 0.539. The van der Waals surface area contributed by atoms with E-state index in [-0.39, 0.29) is 0 Å². The van der Waals surface area contributed by atoms with E-state index >= 15 is 0 Å². The van der Waals surface area contributed by atoms with Crippen molar-refractivity contribution in [3.63, 3.8) is 0 Å². The zero-order valence-electron chi connectivity index (χ0n) is 11.1. The largest absolute Gasteiger partial charge is 0.381 e. The molecular weight excluding hydrogens is 224 g/mol. The van der Waals surface area contributed by atoms with Crippen LogP contribution < -0.4 is 11.1 Å². The predicted octanol–water partition coefficient (Wildman–Crippen LogP) is 3.06. The summed E-state index contributed by atoms with van der Waals surface area (Å²) in [6, 6.07) is 8.09. The van der Waals surface area contributed by atoms with E-state index in [1.165, 1.54) is 0 Å². The van der Waals surface area contributed by atoms with E-state index in [1.807, 2.05) is 24.3 Å². The lowest BCUT2D eigenvalue weighted by Gasteiger charge is -2.17. The first-order valence-corrected chi connectivity index (χ1v) is 6.35. The molecule has 1 unspecified atom stereocenters. The van der Waals surface area contributed by atoms with Gasteiger partial charge in [-0.3, -0.25) is 0 Å². The average molecular weight is 244 g/mol. The number of para-hydroxylation sites is 2. The monoisotopic (exact) mass is 244 g/mol. The van der Waals surface area contributed by atoms with E-state index in [2.05, 4.69) is 36.1 Å². The molecule has 4 nitrogen and oxygen atoms in total. The van der Waals surface area contributed by atoms with Crippen LogP contribution in [0.15, 0.2) is 24.3 Å². The number of nitrogens with one attached hydrogen (secondary N) is 1. The lowest BCUT2D eigenvalue weighted by atomic mass is 10.1. The first-order valence-electron chi connectivity index (χ1n) is 6.35. The average Bonchev–Trinajstić information content (AvgIpc) is 2.29. The molecule has 1 heterocycles. The molecule has 0 radical (unpaired) electrons. The third kappa shape index (κ3) is 2.88. The number of nitrogen functional groups attached to an aromatic ring is 1. The van der Waals surface area contributed by atoms with Crippen molar-refractivity contribution in [3.8, 4) is 0 Å². The topological polar surface area (TPSA) is 63.8 Å². The van der Waals surface area contributed by atoms with E-state index in [4.69, 9.17) is 5.73 Å². The summed E-state index contributed by atoms with van der Waals surface area (Å²) in [6.45, 7) is 6.54. The van der Waals surface area contributed by atoms with Crippen LogP contribution in [0, 0.1) is 5.92 Å². The molecule has 0 aliphatic carbocycles. The standard InChI is InChI=1S/C14H20N4/c1-9(2)8-10(3)16-14-13(15)17-11-6-4-5-7-12(11)18-14/h4-7,9-10H,8H2,1-3H3,(H2,15,17)(H,16,18). The SMILES string of the molecule is CC(C)CC(C)Nc1nc2ccccc2nc1N. The summed E-state index contributed by atoms with van der Waals surface area (Å²) in [4.78, 5) is 8.88. The molecule has 0 aliphatic heterocycles.